The van der Waals surface area contributed by atoms with Gasteiger partial charge in [-0.3, -0.25) is 0 Å². The first-order valence-electron chi connectivity index (χ1n) is 7.43. The molecule has 0 aromatic heterocycles. The van der Waals surface area contributed by atoms with Crippen LogP contribution in [0.25, 0.3) is 0 Å². The molecule has 2 saturated heterocycles. The normalized spacial score (nSPS) is 29.4. The van der Waals surface area contributed by atoms with Crippen LogP contribution in [0, 0.1) is 23.1 Å². The summed E-state index contributed by atoms with van der Waals surface area (Å²) in [5.41, 5.74) is 1.12. The summed E-state index contributed by atoms with van der Waals surface area (Å²) in [5.74, 6) is -0.343. The van der Waals surface area contributed by atoms with Gasteiger partial charge in [0.15, 0.2) is 0 Å². The summed E-state index contributed by atoms with van der Waals surface area (Å²) in [6.07, 6.45) is 2.27. The number of hydrogen-bond donors (Lipinski definition) is 1. The molecule has 1 aromatic carbocycles. The minimum Gasteiger partial charge on any atom is -0.393 e. The van der Waals surface area contributed by atoms with Crippen LogP contribution in [0.3, 0.4) is 0 Å². The number of aliphatic hydroxyl groups is 1. The molecule has 112 valence electrons. The zero-order valence-corrected chi connectivity index (χ0v) is 11.8. The quantitative estimate of drug-likeness (QED) is 0.906. The molecule has 2 fully saturated rings. The fourth-order valence-corrected chi connectivity index (χ4v) is 3.50. The zero-order chi connectivity index (χ0) is 14.8. The Morgan fingerprint density at radius 2 is 2.24 bits per heavy atom. The van der Waals surface area contributed by atoms with Gasteiger partial charge in [0, 0.05) is 25.1 Å². The molecule has 21 heavy (non-hydrogen) atoms. The fourth-order valence-electron chi connectivity index (χ4n) is 3.50. The van der Waals surface area contributed by atoms with Gasteiger partial charge in [-0.15, -0.1) is 0 Å². The van der Waals surface area contributed by atoms with E-state index >= 15 is 0 Å². The summed E-state index contributed by atoms with van der Waals surface area (Å²) in [6.45, 7) is 1.98. The molecule has 3 rings (SSSR count). The van der Waals surface area contributed by atoms with Gasteiger partial charge in [0.1, 0.15) is 11.9 Å². The summed E-state index contributed by atoms with van der Waals surface area (Å²) in [4.78, 5) is 2.14. The maximum atomic E-state index is 13.3. The Kier molecular flexibility index (Phi) is 4.09. The van der Waals surface area contributed by atoms with Gasteiger partial charge in [0.05, 0.1) is 24.0 Å². The number of rotatable bonds is 2. The summed E-state index contributed by atoms with van der Waals surface area (Å²) in [6, 6.07) is 6.56. The Morgan fingerprint density at radius 1 is 1.38 bits per heavy atom. The number of halogens is 1. The third-order valence-electron chi connectivity index (χ3n) is 4.54. The van der Waals surface area contributed by atoms with E-state index in [9.17, 15) is 14.8 Å². The third kappa shape index (κ3) is 2.74. The van der Waals surface area contributed by atoms with Gasteiger partial charge < -0.3 is 14.7 Å². The Morgan fingerprint density at radius 3 is 3.00 bits per heavy atom. The third-order valence-corrected chi connectivity index (χ3v) is 4.54. The van der Waals surface area contributed by atoms with E-state index in [2.05, 4.69) is 11.0 Å². The number of anilines is 1. The first-order chi connectivity index (χ1) is 10.2. The van der Waals surface area contributed by atoms with Gasteiger partial charge in [-0.05, 0) is 37.5 Å². The maximum Gasteiger partial charge on any atom is 0.124 e. The molecule has 4 nitrogen and oxygen atoms in total. The largest absolute Gasteiger partial charge is 0.393 e. The second-order valence-corrected chi connectivity index (χ2v) is 5.77. The molecule has 2 heterocycles. The molecule has 0 aliphatic carbocycles. The van der Waals surface area contributed by atoms with Crippen LogP contribution in [0.15, 0.2) is 18.2 Å². The topological polar surface area (TPSA) is 56.5 Å². The van der Waals surface area contributed by atoms with Gasteiger partial charge in [-0.2, -0.15) is 5.26 Å². The molecule has 5 heteroatoms. The highest BCUT2D eigenvalue weighted by Gasteiger charge is 2.38. The van der Waals surface area contributed by atoms with Gasteiger partial charge in [0.25, 0.3) is 0 Å². The lowest BCUT2D eigenvalue weighted by Gasteiger charge is -2.38. The summed E-state index contributed by atoms with van der Waals surface area (Å²) >= 11 is 0. The van der Waals surface area contributed by atoms with Crippen LogP contribution in [-0.2, 0) is 4.74 Å². The number of hydrogen-bond acceptors (Lipinski definition) is 4. The number of aliphatic hydroxyl groups excluding tert-OH is 1. The molecule has 0 spiro atoms. The van der Waals surface area contributed by atoms with Gasteiger partial charge in [-0.1, -0.05) is 0 Å². The Labute approximate surface area is 123 Å². The van der Waals surface area contributed by atoms with Crippen LogP contribution in [0.4, 0.5) is 10.1 Å². The van der Waals surface area contributed by atoms with Crippen molar-refractivity contribution in [3.63, 3.8) is 0 Å². The van der Waals surface area contributed by atoms with E-state index in [0.29, 0.717) is 25.2 Å². The lowest BCUT2D eigenvalue weighted by Crippen LogP contribution is -2.46. The number of nitriles is 1. The van der Waals surface area contributed by atoms with Crippen LogP contribution in [0.5, 0.6) is 0 Å². The highest BCUT2D eigenvalue weighted by molar-refractivity contribution is 5.60. The average molecular weight is 290 g/mol. The van der Waals surface area contributed by atoms with Crippen molar-refractivity contribution in [3.8, 4) is 6.07 Å². The zero-order valence-electron chi connectivity index (χ0n) is 11.8. The summed E-state index contributed by atoms with van der Waals surface area (Å²) < 4.78 is 18.8. The molecule has 0 amide bonds. The van der Waals surface area contributed by atoms with Crippen LogP contribution in [0.1, 0.15) is 24.8 Å². The van der Waals surface area contributed by atoms with E-state index in [0.717, 1.165) is 25.1 Å². The van der Waals surface area contributed by atoms with Crippen molar-refractivity contribution >= 4 is 5.69 Å². The molecule has 1 N–H and O–H groups in total. The Balaban J connectivity index is 1.89. The highest BCUT2D eigenvalue weighted by Crippen LogP contribution is 2.35. The SMILES string of the molecule is N#Cc1cc(F)ccc1N1CCC[C@@H]1[C@@H]1COCC[C@@H]1O. The van der Waals surface area contributed by atoms with Crippen LogP contribution in [-0.4, -0.2) is 37.0 Å². The van der Waals surface area contributed by atoms with Gasteiger partial charge in [-0.25, -0.2) is 4.39 Å². The van der Waals surface area contributed by atoms with E-state index in [1.165, 1.54) is 12.1 Å². The molecule has 3 atom stereocenters. The Hall–Kier alpha value is -1.64. The van der Waals surface area contributed by atoms with Crippen molar-refractivity contribution in [2.45, 2.75) is 31.4 Å². The van der Waals surface area contributed by atoms with Crippen molar-refractivity contribution in [2.75, 3.05) is 24.7 Å². The van der Waals surface area contributed by atoms with Crippen molar-refractivity contribution < 1.29 is 14.2 Å². The standard InChI is InChI=1S/C16H19FN2O2/c17-12-3-4-14(11(8-12)9-18)19-6-1-2-15(19)13-10-21-7-5-16(13)20/h3-4,8,13,15-16,20H,1-2,5-7,10H2/t13-,15+,16-/m0/s1. The van der Waals surface area contributed by atoms with E-state index < -0.39 is 5.82 Å². The molecule has 2 aliphatic rings. The van der Waals surface area contributed by atoms with Crippen molar-refractivity contribution in [3.05, 3.63) is 29.6 Å². The molecule has 0 bridgehead atoms. The van der Waals surface area contributed by atoms with Crippen molar-refractivity contribution in [2.24, 2.45) is 5.92 Å². The number of benzene rings is 1. The molecular formula is C16H19FN2O2. The van der Waals surface area contributed by atoms with Crippen LogP contribution >= 0.6 is 0 Å². The van der Waals surface area contributed by atoms with E-state index in [4.69, 9.17) is 4.74 Å². The molecular weight excluding hydrogens is 271 g/mol. The van der Waals surface area contributed by atoms with Gasteiger partial charge in [0.2, 0.25) is 0 Å². The monoisotopic (exact) mass is 290 g/mol. The number of nitrogens with zero attached hydrogens (tertiary/aromatic N) is 2. The second kappa shape index (κ2) is 6.00. The fraction of sp³-hybridized carbons (Fsp3) is 0.562. The van der Waals surface area contributed by atoms with Crippen molar-refractivity contribution in [1.82, 2.24) is 0 Å². The summed E-state index contributed by atoms with van der Waals surface area (Å²) in [5, 5.41) is 19.5. The highest BCUT2D eigenvalue weighted by atomic mass is 19.1. The second-order valence-electron chi connectivity index (χ2n) is 5.77. The minimum absolute atomic E-state index is 0.0536. The molecule has 2 aliphatic heterocycles. The molecule has 0 unspecified atom stereocenters. The van der Waals surface area contributed by atoms with Crippen LogP contribution < -0.4 is 4.90 Å². The first-order valence-corrected chi connectivity index (χ1v) is 7.43. The lowest BCUT2D eigenvalue weighted by atomic mass is 9.89. The van der Waals surface area contributed by atoms with E-state index in [-0.39, 0.29) is 18.1 Å². The average Bonchev–Trinajstić information content (AvgIpc) is 2.96. The maximum absolute atomic E-state index is 13.3. The molecule has 0 saturated carbocycles. The first kappa shape index (κ1) is 14.3. The van der Waals surface area contributed by atoms with Gasteiger partial charge >= 0.3 is 0 Å². The predicted octanol–water partition coefficient (Wildman–Crippen LogP) is 2.06. The van der Waals surface area contributed by atoms with Crippen molar-refractivity contribution in [1.29, 1.82) is 5.26 Å². The molecule has 1 aromatic rings. The number of ether oxygens (including phenoxy) is 1. The predicted molar refractivity (Wildman–Crippen MR) is 76.4 cm³/mol. The molecule has 0 radical (unpaired) electrons. The van der Waals surface area contributed by atoms with E-state index in [1.807, 2.05) is 0 Å². The van der Waals surface area contributed by atoms with E-state index in [1.54, 1.807) is 6.07 Å². The van der Waals surface area contributed by atoms with Crippen LogP contribution in [0.2, 0.25) is 0 Å². The minimum atomic E-state index is -0.396. The summed E-state index contributed by atoms with van der Waals surface area (Å²) in [7, 11) is 0. The Bertz CT molecular complexity index is 558. The lowest BCUT2D eigenvalue weighted by molar-refractivity contribution is -0.0437. The smallest absolute Gasteiger partial charge is 0.124 e.